The van der Waals surface area contributed by atoms with Crippen molar-refractivity contribution in [2.45, 2.75) is 45.6 Å². The van der Waals surface area contributed by atoms with Crippen molar-refractivity contribution in [1.82, 2.24) is 14.8 Å². The Morgan fingerprint density at radius 3 is 2.58 bits per heavy atom. The molecule has 2 aromatic heterocycles. The number of anilines is 2. The number of hydrogen-bond acceptors (Lipinski definition) is 4. The maximum atomic E-state index is 12.3. The molecule has 0 aromatic carbocycles. The van der Waals surface area contributed by atoms with Crippen molar-refractivity contribution in [3.05, 3.63) is 29.7 Å². The van der Waals surface area contributed by atoms with E-state index < -0.39 is 0 Å². The molecule has 0 saturated heterocycles. The second kappa shape index (κ2) is 6.90. The smallest absolute Gasteiger partial charge is 0.323 e. The molecule has 0 spiro atoms. The number of pyridine rings is 1. The van der Waals surface area contributed by atoms with Crippen LogP contribution in [0.25, 0.3) is 0 Å². The van der Waals surface area contributed by atoms with E-state index in [-0.39, 0.29) is 6.03 Å². The van der Waals surface area contributed by atoms with Crippen LogP contribution in [0.5, 0.6) is 5.88 Å². The molecular formula is C17H23N5O2. The molecule has 128 valence electrons. The molecule has 1 fully saturated rings. The van der Waals surface area contributed by atoms with Crippen molar-refractivity contribution in [3.63, 3.8) is 0 Å². The minimum atomic E-state index is -0.306. The van der Waals surface area contributed by atoms with Crippen LogP contribution in [0.2, 0.25) is 0 Å². The number of nitrogens with one attached hydrogen (secondary N) is 2. The minimum Gasteiger partial charge on any atom is -0.481 e. The van der Waals surface area contributed by atoms with Crippen LogP contribution in [0.3, 0.4) is 0 Å². The first kappa shape index (κ1) is 16.3. The molecule has 2 aromatic rings. The maximum absolute atomic E-state index is 12.3. The molecule has 0 radical (unpaired) electrons. The molecule has 7 heteroatoms. The molecule has 7 nitrogen and oxygen atoms in total. The molecule has 0 unspecified atom stereocenters. The van der Waals surface area contributed by atoms with Gasteiger partial charge in [-0.2, -0.15) is 5.10 Å². The van der Waals surface area contributed by atoms with Crippen molar-refractivity contribution in [1.29, 1.82) is 0 Å². The predicted octanol–water partition coefficient (Wildman–Crippen LogP) is 3.66. The summed E-state index contributed by atoms with van der Waals surface area (Å²) < 4.78 is 7.10. The molecule has 0 bridgehead atoms. The summed E-state index contributed by atoms with van der Waals surface area (Å²) in [6.07, 6.45) is 6.52. The first-order valence-corrected chi connectivity index (χ1v) is 8.22. The second-order valence-corrected chi connectivity index (χ2v) is 6.09. The lowest BCUT2D eigenvalue weighted by molar-refractivity contribution is 0.262. The zero-order valence-electron chi connectivity index (χ0n) is 14.3. The van der Waals surface area contributed by atoms with Crippen molar-refractivity contribution < 1.29 is 9.53 Å². The van der Waals surface area contributed by atoms with Gasteiger partial charge in [0, 0.05) is 6.07 Å². The van der Waals surface area contributed by atoms with Crippen molar-refractivity contribution >= 4 is 17.4 Å². The number of hydrogen-bond donors (Lipinski definition) is 2. The highest BCUT2D eigenvalue weighted by Crippen LogP contribution is 2.31. The Bertz CT molecular complexity index is 735. The summed E-state index contributed by atoms with van der Waals surface area (Å²) >= 11 is 0. The zero-order valence-corrected chi connectivity index (χ0v) is 14.3. The molecule has 2 amide bonds. The third-order valence-electron chi connectivity index (χ3n) is 4.48. The van der Waals surface area contributed by atoms with Gasteiger partial charge in [-0.3, -0.25) is 4.68 Å². The number of urea groups is 1. The topological polar surface area (TPSA) is 81.1 Å². The van der Waals surface area contributed by atoms with Gasteiger partial charge in [-0.25, -0.2) is 9.78 Å². The molecule has 24 heavy (non-hydrogen) atoms. The monoisotopic (exact) mass is 329 g/mol. The number of carbonyl (C=O) groups excluding carboxylic acids is 1. The van der Waals surface area contributed by atoms with Gasteiger partial charge in [0.2, 0.25) is 5.88 Å². The van der Waals surface area contributed by atoms with Crippen molar-refractivity contribution in [3.8, 4) is 5.88 Å². The maximum Gasteiger partial charge on any atom is 0.323 e. The van der Waals surface area contributed by atoms with Crippen LogP contribution in [0.4, 0.5) is 16.2 Å². The quantitative estimate of drug-likeness (QED) is 0.897. The standard InChI is InChI=1S/C17H23N5O2/c1-11-14(8-9-16(19-11)24-3)20-17(23)21-15-10-18-22(12(15)2)13-6-4-5-7-13/h8-10,13H,4-7H2,1-3H3,(H2,20,21,23). The van der Waals surface area contributed by atoms with E-state index in [1.807, 2.05) is 18.5 Å². The Morgan fingerprint density at radius 2 is 1.92 bits per heavy atom. The SMILES string of the molecule is COc1ccc(NC(=O)Nc2cnn(C3CCCC3)c2C)c(C)n1. The van der Waals surface area contributed by atoms with Gasteiger partial charge < -0.3 is 15.4 Å². The average Bonchev–Trinajstić information content (AvgIpc) is 3.20. The van der Waals surface area contributed by atoms with E-state index in [1.165, 1.54) is 12.8 Å². The fourth-order valence-electron chi connectivity index (χ4n) is 3.12. The molecule has 1 saturated carbocycles. The van der Waals surface area contributed by atoms with Crippen LogP contribution in [0.15, 0.2) is 18.3 Å². The van der Waals surface area contributed by atoms with Gasteiger partial charge in [-0.05, 0) is 32.8 Å². The molecule has 0 aliphatic heterocycles. The van der Waals surface area contributed by atoms with E-state index in [4.69, 9.17) is 4.74 Å². The number of methoxy groups -OCH3 is 1. The fourth-order valence-corrected chi connectivity index (χ4v) is 3.12. The molecule has 0 atom stereocenters. The Kier molecular flexibility index (Phi) is 4.69. The minimum absolute atomic E-state index is 0.306. The number of aromatic nitrogens is 3. The van der Waals surface area contributed by atoms with Crippen LogP contribution in [-0.2, 0) is 0 Å². The van der Waals surface area contributed by atoms with E-state index in [0.717, 1.165) is 24.2 Å². The number of ether oxygens (including phenoxy) is 1. The highest BCUT2D eigenvalue weighted by molar-refractivity contribution is 6.00. The summed E-state index contributed by atoms with van der Waals surface area (Å²) in [5.41, 5.74) is 3.07. The highest BCUT2D eigenvalue weighted by atomic mass is 16.5. The van der Waals surface area contributed by atoms with Gasteiger partial charge in [-0.15, -0.1) is 0 Å². The Hall–Kier alpha value is -2.57. The number of carbonyl (C=O) groups is 1. The largest absolute Gasteiger partial charge is 0.481 e. The van der Waals surface area contributed by atoms with Crippen molar-refractivity contribution in [2.75, 3.05) is 17.7 Å². The Morgan fingerprint density at radius 1 is 1.21 bits per heavy atom. The van der Waals surface area contributed by atoms with Gasteiger partial charge in [0.05, 0.1) is 42.1 Å². The van der Waals surface area contributed by atoms with Gasteiger partial charge in [0.25, 0.3) is 0 Å². The van der Waals surface area contributed by atoms with Crippen LogP contribution >= 0.6 is 0 Å². The molecule has 1 aliphatic carbocycles. The summed E-state index contributed by atoms with van der Waals surface area (Å²) in [4.78, 5) is 16.5. The van der Waals surface area contributed by atoms with E-state index >= 15 is 0 Å². The van der Waals surface area contributed by atoms with Gasteiger partial charge in [0.1, 0.15) is 0 Å². The Labute approximate surface area is 141 Å². The number of aryl methyl sites for hydroxylation is 1. The summed E-state index contributed by atoms with van der Waals surface area (Å²) in [6.45, 7) is 3.81. The number of amides is 2. The van der Waals surface area contributed by atoms with Crippen molar-refractivity contribution in [2.24, 2.45) is 0 Å². The van der Waals surface area contributed by atoms with E-state index in [9.17, 15) is 4.79 Å². The number of nitrogens with zero attached hydrogens (tertiary/aromatic N) is 3. The van der Waals surface area contributed by atoms with Gasteiger partial charge >= 0.3 is 6.03 Å². The average molecular weight is 329 g/mol. The van der Waals surface area contributed by atoms with Gasteiger partial charge in [-0.1, -0.05) is 12.8 Å². The molecule has 2 heterocycles. The lowest BCUT2D eigenvalue weighted by atomic mass is 10.2. The predicted molar refractivity (Wildman–Crippen MR) is 92.6 cm³/mol. The molecular weight excluding hydrogens is 306 g/mol. The lowest BCUT2D eigenvalue weighted by Crippen LogP contribution is -2.20. The van der Waals surface area contributed by atoms with Crippen LogP contribution < -0.4 is 15.4 Å². The summed E-state index contributed by atoms with van der Waals surface area (Å²) in [5.74, 6) is 0.521. The summed E-state index contributed by atoms with van der Waals surface area (Å²) in [5, 5.41) is 10.1. The number of rotatable bonds is 4. The molecule has 3 rings (SSSR count). The first-order valence-electron chi connectivity index (χ1n) is 8.22. The Balaban J connectivity index is 1.67. The normalized spacial score (nSPS) is 14.6. The highest BCUT2D eigenvalue weighted by Gasteiger charge is 2.21. The van der Waals surface area contributed by atoms with Gasteiger partial charge in [0.15, 0.2) is 0 Å². The first-order chi connectivity index (χ1) is 11.6. The zero-order chi connectivity index (χ0) is 17.1. The van der Waals surface area contributed by atoms with E-state index in [1.54, 1.807) is 25.4 Å². The van der Waals surface area contributed by atoms with Crippen LogP contribution in [0.1, 0.15) is 43.1 Å². The van der Waals surface area contributed by atoms with Crippen LogP contribution in [0, 0.1) is 13.8 Å². The molecule has 1 aliphatic rings. The second-order valence-electron chi connectivity index (χ2n) is 6.09. The van der Waals surface area contributed by atoms with E-state index in [0.29, 0.717) is 23.3 Å². The summed E-state index contributed by atoms with van der Waals surface area (Å²) in [7, 11) is 1.56. The fraction of sp³-hybridized carbons (Fsp3) is 0.471. The lowest BCUT2D eigenvalue weighted by Gasteiger charge is -2.13. The third kappa shape index (κ3) is 3.34. The van der Waals surface area contributed by atoms with Crippen LogP contribution in [-0.4, -0.2) is 27.9 Å². The summed E-state index contributed by atoms with van der Waals surface area (Å²) in [6, 6.07) is 3.64. The molecule has 2 N–H and O–H groups in total. The third-order valence-corrected chi connectivity index (χ3v) is 4.48. The van der Waals surface area contributed by atoms with E-state index in [2.05, 4.69) is 20.7 Å².